The van der Waals surface area contributed by atoms with Gasteiger partial charge >= 0.3 is 5.97 Å². The van der Waals surface area contributed by atoms with Gasteiger partial charge in [-0.2, -0.15) is 0 Å². The van der Waals surface area contributed by atoms with Gasteiger partial charge in [-0.1, -0.05) is 24.3 Å². The van der Waals surface area contributed by atoms with E-state index in [-0.39, 0.29) is 21.3 Å². The number of para-hydroxylation sites is 1. The number of rotatable bonds is 3. The summed E-state index contributed by atoms with van der Waals surface area (Å²) in [7, 11) is 0. The molecule has 6 heteroatoms. The number of carbonyl (C=O) groups excluding carboxylic acids is 1. The van der Waals surface area contributed by atoms with E-state index in [9.17, 15) is 14.0 Å². The molecule has 0 radical (unpaired) electrons. The molecule has 3 rings (SSSR count). The maximum absolute atomic E-state index is 13.5. The molecular weight excluding hydrogens is 412 g/mol. The molecule has 4 nitrogen and oxygen atoms in total. The second kappa shape index (κ2) is 6.49. The molecule has 0 amide bonds. The highest BCUT2D eigenvalue weighted by atomic mass is 127. The summed E-state index contributed by atoms with van der Waals surface area (Å²) in [4.78, 5) is 26.8. The number of pyridine rings is 1. The molecule has 2 aromatic carbocycles. The molecule has 3 aromatic rings. The summed E-state index contributed by atoms with van der Waals surface area (Å²) < 4.78 is 18.8. The Morgan fingerprint density at radius 3 is 2.78 bits per heavy atom. The third-order valence-electron chi connectivity index (χ3n) is 3.36. The van der Waals surface area contributed by atoms with Crippen LogP contribution in [-0.2, 0) is 11.3 Å². The highest BCUT2D eigenvalue weighted by Crippen LogP contribution is 2.17. The zero-order chi connectivity index (χ0) is 16.4. The molecule has 0 bridgehead atoms. The van der Waals surface area contributed by atoms with Gasteiger partial charge in [0.25, 0.3) is 5.56 Å². The fourth-order valence-electron chi connectivity index (χ4n) is 2.18. The van der Waals surface area contributed by atoms with E-state index in [1.54, 1.807) is 34.7 Å². The summed E-state index contributed by atoms with van der Waals surface area (Å²) in [5.74, 6) is -1.15. The van der Waals surface area contributed by atoms with Crippen molar-refractivity contribution in [2.24, 2.45) is 0 Å². The van der Waals surface area contributed by atoms with E-state index < -0.39 is 11.8 Å². The number of hydrogen-bond acceptors (Lipinski definition) is 3. The molecule has 23 heavy (non-hydrogen) atoms. The quantitative estimate of drug-likeness (QED) is 0.517. The maximum Gasteiger partial charge on any atom is 0.339 e. The van der Waals surface area contributed by atoms with Gasteiger partial charge in [0.1, 0.15) is 12.4 Å². The van der Waals surface area contributed by atoms with Crippen molar-refractivity contribution in [3.63, 3.8) is 0 Å². The number of aromatic amines is 1. The molecule has 0 unspecified atom stereocenters. The van der Waals surface area contributed by atoms with Crippen LogP contribution in [0.1, 0.15) is 15.9 Å². The minimum Gasteiger partial charge on any atom is -0.457 e. The van der Waals surface area contributed by atoms with E-state index in [0.29, 0.717) is 11.1 Å². The summed E-state index contributed by atoms with van der Waals surface area (Å²) in [6.07, 6.45) is 0. The van der Waals surface area contributed by atoms with Gasteiger partial charge in [-0.05, 0) is 52.2 Å². The summed E-state index contributed by atoms with van der Waals surface area (Å²) in [6, 6.07) is 13.2. The molecular formula is C17H11FINO3. The molecule has 1 aromatic heterocycles. The maximum atomic E-state index is 13.5. The van der Waals surface area contributed by atoms with Gasteiger partial charge in [0.15, 0.2) is 0 Å². The monoisotopic (exact) mass is 423 g/mol. The van der Waals surface area contributed by atoms with Crippen LogP contribution in [0.3, 0.4) is 0 Å². The molecule has 0 fully saturated rings. The first-order valence-electron chi connectivity index (χ1n) is 6.78. The first-order chi connectivity index (χ1) is 11.1. The lowest BCUT2D eigenvalue weighted by Gasteiger charge is -2.07. The van der Waals surface area contributed by atoms with Crippen LogP contribution in [0, 0.1) is 9.39 Å². The predicted molar refractivity (Wildman–Crippen MR) is 92.8 cm³/mol. The van der Waals surface area contributed by atoms with Crippen LogP contribution >= 0.6 is 22.6 Å². The molecule has 0 aliphatic heterocycles. The van der Waals surface area contributed by atoms with Crippen LogP contribution in [-0.4, -0.2) is 11.0 Å². The average molecular weight is 423 g/mol. The van der Waals surface area contributed by atoms with Crippen molar-refractivity contribution in [3.05, 3.63) is 79.4 Å². The first kappa shape index (κ1) is 15.7. The second-order valence-electron chi connectivity index (χ2n) is 4.89. The molecule has 0 aliphatic carbocycles. The van der Waals surface area contributed by atoms with E-state index in [0.717, 1.165) is 5.39 Å². The summed E-state index contributed by atoms with van der Waals surface area (Å²) in [5, 5.41) is 0.846. The molecule has 116 valence electrons. The fraction of sp³-hybridized carbons (Fsp3) is 0.0588. The van der Waals surface area contributed by atoms with Gasteiger partial charge in [-0.3, -0.25) is 4.79 Å². The lowest BCUT2D eigenvalue weighted by atomic mass is 10.1. The summed E-state index contributed by atoms with van der Waals surface area (Å²) in [6.45, 7) is -0.175. The van der Waals surface area contributed by atoms with Gasteiger partial charge in [0.05, 0.1) is 14.7 Å². The lowest BCUT2D eigenvalue weighted by Crippen LogP contribution is -2.16. The second-order valence-corrected chi connectivity index (χ2v) is 5.97. The van der Waals surface area contributed by atoms with Gasteiger partial charge in [-0.25, -0.2) is 9.18 Å². The van der Waals surface area contributed by atoms with Crippen LogP contribution in [0.4, 0.5) is 4.39 Å². The third kappa shape index (κ3) is 3.26. The number of ether oxygens (including phenoxy) is 1. The van der Waals surface area contributed by atoms with E-state index in [1.807, 2.05) is 18.2 Å². The number of halogens is 2. The third-order valence-corrected chi connectivity index (χ3v) is 4.46. The Kier molecular flexibility index (Phi) is 4.42. The van der Waals surface area contributed by atoms with Crippen molar-refractivity contribution in [2.75, 3.05) is 0 Å². The normalized spacial score (nSPS) is 10.7. The number of carbonyl (C=O) groups is 1. The fourth-order valence-corrected chi connectivity index (χ4v) is 2.76. The minimum absolute atomic E-state index is 0.141. The van der Waals surface area contributed by atoms with Crippen LogP contribution in [0.5, 0.6) is 0 Å². The summed E-state index contributed by atoms with van der Waals surface area (Å²) in [5.41, 5.74) is 0.879. The lowest BCUT2D eigenvalue weighted by molar-refractivity contribution is 0.0469. The molecule has 0 saturated heterocycles. The van der Waals surface area contributed by atoms with Crippen LogP contribution in [0.15, 0.2) is 53.3 Å². The zero-order valence-electron chi connectivity index (χ0n) is 11.8. The Bertz CT molecular complexity index is 952. The molecule has 0 aliphatic rings. The van der Waals surface area contributed by atoms with E-state index in [2.05, 4.69) is 4.98 Å². The number of esters is 1. The molecule has 0 saturated carbocycles. The number of fused-ring (bicyclic) bond motifs is 1. The topological polar surface area (TPSA) is 59.2 Å². The van der Waals surface area contributed by atoms with Gasteiger partial charge in [-0.15, -0.1) is 0 Å². The van der Waals surface area contributed by atoms with E-state index in [1.165, 1.54) is 18.2 Å². The average Bonchev–Trinajstić information content (AvgIpc) is 2.55. The standard InChI is InChI=1S/C17H11FINO3/c18-13-6-3-5-12(15(13)19)17(22)23-9-11-8-10-4-1-2-7-14(10)20-16(11)21/h1-8H,9H2,(H,20,21). The number of aromatic nitrogens is 1. The van der Waals surface area contributed by atoms with Crippen molar-refractivity contribution in [1.29, 1.82) is 0 Å². The van der Waals surface area contributed by atoms with Crippen LogP contribution in [0.25, 0.3) is 10.9 Å². The van der Waals surface area contributed by atoms with Crippen LogP contribution < -0.4 is 5.56 Å². The Labute approximate surface area is 144 Å². The Morgan fingerprint density at radius 1 is 1.17 bits per heavy atom. The minimum atomic E-state index is -0.665. The van der Waals surface area contributed by atoms with E-state index in [4.69, 9.17) is 4.74 Å². The van der Waals surface area contributed by atoms with Crippen molar-refractivity contribution in [3.8, 4) is 0 Å². The van der Waals surface area contributed by atoms with Gasteiger partial charge < -0.3 is 9.72 Å². The smallest absolute Gasteiger partial charge is 0.339 e. The zero-order valence-corrected chi connectivity index (χ0v) is 14.0. The Balaban J connectivity index is 1.83. The van der Waals surface area contributed by atoms with Crippen molar-refractivity contribution in [1.82, 2.24) is 4.98 Å². The van der Waals surface area contributed by atoms with Crippen molar-refractivity contribution >= 4 is 39.5 Å². The van der Waals surface area contributed by atoms with Crippen molar-refractivity contribution < 1.29 is 13.9 Å². The molecule has 0 spiro atoms. The molecule has 1 N–H and O–H groups in total. The molecule has 0 atom stereocenters. The van der Waals surface area contributed by atoms with Crippen LogP contribution in [0.2, 0.25) is 0 Å². The summed E-state index contributed by atoms with van der Waals surface area (Å²) >= 11 is 1.75. The number of nitrogens with one attached hydrogen (secondary N) is 1. The van der Waals surface area contributed by atoms with E-state index >= 15 is 0 Å². The SMILES string of the molecule is O=C(OCc1cc2ccccc2[nH]c1=O)c1cccc(F)c1I. The number of H-pyrrole nitrogens is 1. The predicted octanol–water partition coefficient (Wildman–Crippen LogP) is 3.63. The number of benzene rings is 2. The van der Waals surface area contributed by atoms with Gasteiger partial charge in [0.2, 0.25) is 0 Å². The van der Waals surface area contributed by atoms with Gasteiger partial charge in [0, 0.05) is 5.52 Å². The molecule has 1 heterocycles. The Morgan fingerprint density at radius 2 is 1.96 bits per heavy atom. The number of hydrogen-bond donors (Lipinski definition) is 1. The highest BCUT2D eigenvalue weighted by molar-refractivity contribution is 14.1. The Hall–Kier alpha value is -2.22. The van der Waals surface area contributed by atoms with Crippen molar-refractivity contribution in [2.45, 2.75) is 6.61 Å². The highest BCUT2D eigenvalue weighted by Gasteiger charge is 2.15. The first-order valence-corrected chi connectivity index (χ1v) is 7.86. The largest absolute Gasteiger partial charge is 0.457 e.